The lowest BCUT2D eigenvalue weighted by Gasteiger charge is -2.33. The number of ether oxygens (including phenoxy) is 1. The zero-order valence-corrected chi connectivity index (χ0v) is 14.4. The molecule has 0 aromatic carbocycles. The Hall–Kier alpha value is -1.82. The Kier molecular flexibility index (Phi) is 4.19. The molecule has 1 saturated heterocycles. The minimum absolute atomic E-state index is 0.234. The van der Waals surface area contributed by atoms with E-state index in [9.17, 15) is 4.79 Å². The molecule has 2 aromatic rings. The molecule has 3 heterocycles. The number of hydrogen-bond acceptors (Lipinski definition) is 4. The highest BCUT2D eigenvalue weighted by atomic mass is 35.5. The zero-order valence-electron chi connectivity index (χ0n) is 13.6. The van der Waals surface area contributed by atoms with Crippen LogP contribution in [0.4, 0.5) is 4.79 Å². The highest BCUT2D eigenvalue weighted by molar-refractivity contribution is 6.29. The summed E-state index contributed by atoms with van der Waals surface area (Å²) in [5, 5.41) is 0.380. The van der Waals surface area contributed by atoms with Gasteiger partial charge in [-0.05, 0) is 39.7 Å². The first-order chi connectivity index (χ1) is 10.8. The SMILES string of the molecule is CC(C)(C)OC(=O)N1CCC(c2cc3ncc(Cl)nc3[nH]2)CC1. The van der Waals surface area contributed by atoms with Crippen molar-refractivity contribution >= 4 is 28.9 Å². The largest absolute Gasteiger partial charge is 0.444 e. The van der Waals surface area contributed by atoms with Crippen LogP contribution in [0.2, 0.25) is 5.15 Å². The van der Waals surface area contributed by atoms with E-state index in [-0.39, 0.29) is 6.09 Å². The molecule has 1 aliphatic rings. The predicted molar refractivity (Wildman–Crippen MR) is 88.7 cm³/mol. The molecule has 0 unspecified atom stereocenters. The average Bonchev–Trinajstić information content (AvgIpc) is 2.88. The van der Waals surface area contributed by atoms with Crippen molar-refractivity contribution in [3.8, 4) is 0 Å². The summed E-state index contributed by atoms with van der Waals surface area (Å²) >= 11 is 5.87. The number of nitrogens with zero attached hydrogens (tertiary/aromatic N) is 3. The summed E-state index contributed by atoms with van der Waals surface area (Å²) in [6.45, 7) is 7.03. The second kappa shape index (κ2) is 6.00. The van der Waals surface area contributed by atoms with E-state index in [0.717, 1.165) is 24.1 Å². The van der Waals surface area contributed by atoms with E-state index in [1.165, 1.54) is 0 Å². The van der Waals surface area contributed by atoms with Gasteiger partial charge in [-0.1, -0.05) is 11.6 Å². The first-order valence-electron chi connectivity index (χ1n) is 7.81. The van der Waals surface area contributed by atoms with E-state index < -0.39 is 5.60 Å². The molecule has 0 atom stereocenters. The zero-order chi connectivity index (χ0) is 16.6. The van der Waals surface area contributed by atoms with Crippen LogP contribution >= 0.6 is 11.6 Å². The van der Waals surface area contributed by atoms with Crippen LogP contribution in [-0.4, -0.2) is 44.6 Å². The van der Waals surface area contributed by atoms with Crippen LogP contribution in [0.1, 0.15) is 45.2 Å². The fourth-order valence-corrected chi connectivity index (χ4v) is 2.95. The molecule has 1 N–H and O–H groups in total. The molecule has 0 spiro atoms. The van der Waals surface area contributed by atoms with Gasteiger partial charge in [0, 0.05) is 24.7 Å². The van der Waals surface area contributed by atoms with Crippen molar-refractivity contribution in [2.24, 2.45) is 0 Å². The Labute approximate surface area is 140 Å². The Morgan fingerprint density at radius 3 is 2.74 bits per heavy atom. The first kappa shape index (κ1) is 16.1. The van der Waals surface area contributed by atoms with Crippen molar-refractivity contribution in [3.05, 3.63) is 23.1 Å². The molecule has 0 aliphatic carbocycles. The van der Waals surface area contributed by atoms with Crippen molar-refractivity contribution in [1.29, 1.82) is 0 Å². The lowest BCUT2D eigenvalue weighted by atomic mass is 9.94. The normalized spacial score (nSPS) is 16.8. The Bertz CT molecular complexity index is 714. The van der Waals surface area contributed by atoms with Crippen molar-refractivity contribution in [1.82, 2.24) is 19.9 Å². The smallest absolute Gasteiger partial charge is 0.410 e. The monoisotopic (exact) mass is 336 g/mol. The number of piperidine rings is 1. The first-order valence-corrected chi connectivity index (χ1v) is 8.19. The second-order valence-electron chi connectivity index (χ2n) is 6.89. The van der Waals surface area contributed by atoms with Gasteiger partial charge in [-0.25, -0.2) is 14.8 Å². The van der Waals surface area contributed by atoms with E-state index in [1.54, 1.807) is 11.1 Å². The molecule has 7 heteroatoms. The molecule has 6 nitrogen and oxygen atoms in total. The summed E-state index contributed by atoms with van der Waals surface area (Å²) in [7, 11) is 0. The summed E-state index contributed by atoms with van der Waals surface area (Å²) < 4.78 is 5.42. The van der Waals surface area contributed by atoms with Gasteiger partial charge in [0.2, 0.25) is 0 Å². The van der Waals surface area contributed by atoms with Gasteiger partial charge in [0.25, 0.3) is 0 Å². The maximum Gasteiger partial charge on any atom is 0.410 e. The third-order valence-electron chi connectivity index (χ3n) is 3.91. The maximum absolute atomic E-state index is 12.1. The molecular weight excluding hydrogens is 316 g/mol. The van der Waals surface area contributed by atoms with Gasteiger partial charge >= 0.3 is 6.09 Å². The minimum Gasteiger partial charge on any atom is -0.444 e. The van der Waals surface area contributed by atoms with Crippen LogP contribution in [0, 0.1) is 0 Å². The summed E-state index contributed by atoms with van der Waals surface area (Å²) in [6, 6.07) is 2.02. The van der Waals surface area contributed by atoms with Gasteiger partial charge in [-0.2, -0.15) is 0 Å². The molecule has 124 valence electrons. The molecule has 0 bridgehead atoms. The van der Waals surface area contributed by atoms with Crippen LogP contribution < -0.4 is 0 Å². The molecule has 2 aromatic heterocycles. The topological polar surface area (TPSA) is 71.1 Å². The molecule has 1 fully saturated rings. The van der Waals surface area contributed by atoms with E-state index in [2.05, 4.69) is 15.0 Å². The van der Waals surface area contributed by atoms with E-state index in [0.29, 0.717) is 29.8 Å². The number of nitrogens with one attached hydrogen (secondary N) is 1. The number of hydrogen-bond donors (Lipinski definition) is 1. The van der Waals surface area contributed by atoms with Gasteiger partial charge in [0.15, 0.2) is 5.65 Å². The summed E-state index contributed by atoms with van der Waals surface area (Å²) in [5.41, 5.74) is 2.17. The van der Waals surface area contributed by atoms with Gasteiger partial charge in [-0.15, -0.1) is 0 Å². The van der Waals surface area contributed by atoms with Crippen LogP contribution in [0.5, 0.6) is 0 Å². The number of carbonyl (C=O) groups is 1. The molecule has 3 rings (SSSR count). The van der Waals surface area contributed by atoms with Crippen molar-refractivity contribution < 1.29 is 9.53 Å². The standard InChI is InChI=1S/C16H21ClN4O2/c1-16(2,3)23-15(22)21-6-4-10(5-7-21)11-8-12-14(19-11)20-13(17)9-18-12/h8-10H,4-7H2,1-3H3,(H,19,20). The summed E-state index contributed by atoms with van der Waals surface area (Å²) in [5.74, 6) is 0.364. The molecule has 0 radical (unpaired) electrons. The van der Waals surface area contributed by atoms with Gasteiger partial charge in [-0.3, -0.25) is 0 Å². The number of amides is 1. The number of likely N-dealkylation sites (tertiary alicyclic amines) is 1. The van der Waals surface area contributed by atoms with Gasteiger partial charge in [0.05, 0.1) is 6.20 Å². The summed E-state index contributed by atoms with van der Waals surface area (Å²) in [4.78, 5) is 25.7. The van der Waals surface area contributed by atoms with E-state index in [1.807, 2.05) is 26.8 Å². The Balaban J connectivity index is 1.65. The molecule has 1 aliphatic heterocycles. The average molecular weight is 337 g/mol. The lowest BCUT2D eigenvalue weighted by Crippen LogP contribution is -2.41. The number of carbonyl (C=O) groups excluding carboxylic acids is 1. The minimum atomic E-state index is -0.457. The van der Waals surface area contributed by atoms with E-state index >= 15 is 0 Å². The molecule has 1 amide bonds. The van der Waals surface area contributed by atoms with Crippen LogP contribution in [0.25, 0.3) is 11.2 Å². The van der Waals surface area contributed by atoms with Crippen molar-refractivity contribution in [3.63, 3.8) is 0 Å². The number of rotatable bonds is 1. The number of aromatic nitrogens is 3. The Morgan fingerprint density at radius 2 is 2.09 bits per heavy atom. The number of halogens is 1. The third-order valence-corrected chi connectivity index (χ3v) is 4.09. The van der Waals surface area contributed by atoms with Crippen molar-refractivity contribution in [2.75, 3.05) is 13.1 Å². The van der Waals surface area contributed by atoms with Crippen LogP contribution in [0.15, 0.2) is 12.3 Å². The van der Waals surface area contributed by atoms with E-state index in [4.69, 9.17) is 16.3 Å². The fraction of sp³-hybridized carbons (Fsp3) is 0.562. The molecule has 23 heavy (non-hydrogen) atoms. The van der Waals surface area contributed by atoms with Crippen LogP contribution in [-0.2, 0) is 4.74 Å². The highest BCUT2D eigenvalue weighted by Gasteiger charge is 2.28. The number of aromatic amines is 1. The maximum atomic E-state index is 12.1. The second-order valence-corrected chi connectivity index (χ2v) is 7.28. The van der Waals surface area contributed by atoms with Gasteiger partial charge < -0.3 is 14.6 Å². The Morgan fingerprint density at radius 1 is 1.39 bits per heavy atom. The quantitative estimate of drug-likeness (QED) is 0.861. The third kappa shape index (κ3) is 3.75. The fourth-order valence-electron chi connectivity index (χ4n) is 2.81. The number of fused-ring (bicyclic) bond motifs is 1. The highest BCUT2D eigenvalue weighted by Crippen LogP contribution is 2.29. The van der Waals surface area contributed by atoms with Gasteiger partial charge in [0.1, 0.15) is 16.3 Å². The molecule has 0 saturated carbocycles. The molecular formula is C16H21ClN4O2. The lowest BCUT2D eigenvalue weighted by molar-refractivity contribution is 0.0204. The van der Waals surface area contributed by atoms with Crippen LogP contribution in [0.3, 0.4) is 0 Å². The number of H-pyrrole nitrogens is 1. The predicted octanol–water partition coefficient (Wildman–Crippen LogP) is 3.73. The van der Waals surface area contributed by atoms with Crippen molar-refractivity contribution in [2.45, 2.75) is 45.1 Å². The summed E-state index contributed by atoms with van der Waals surface area (Å²) in [6.07, 6.45) is 3.09.